The summed E-state index contributed by atoms with van der Waals surface area (Å²) in [6, 6.07) is 20.4. The Morgan fingerprint density at radius 1 is 0.939 bits per heavy atom. The maximum Gasteiger partial charge on any atom is 0.266 e. The molecule has 0 radical (unpaired) electrons. The van der Waals surface area contributed by atoms with Crippen molar-refractivity contribution in [3.63, 3.8) is 0 Å². The second-order valence-corrected chi connectivity index (χ2v) is 7.39. The zero-order valence-electron chi connectivity index (χ0n) is 17.5. The number of imide groups is 1. The molecule has 9 heteroatoms. The van der Waals surface area contributed by atoms with Crippen LogP contribution in [0.25, 0.3) is 0 Å². The molecule has 8 nitrogen and oxygen atoms in total. The number of fused-ring (bicyclic) bond motifs is 1. The number of ether oxygens (including phenoxy) is 2. The van der Waals surface area contributed by atoms with Gasteiger partial charge in [0.25, 0.3) is 17.7 Å². The van der Waals surface area contributed by atoms with Gasteiger partial charge < -0.3 is 14.8 Å². The molecule has 4 rings (SSSR count). The van der Waals surface area contributed by atoms with Gasteiger partial charge >= 0.3 is 0 Å². The summed E-state index contributed by atoms with van der Waals surface area (Å²) in [6.07, 6.45) is 0. The van der Waals surface area contributed by atoms with E-state index < -0.39 is 17.7 Å². The van der Waals surface area contributed by atoms with Crippen molar-refractivity contribution in [2.75, 3.05) is 23.9 Å². The zero-order valence-corrected chi connectivity index (χ0v) is 18.3. The average molecular weight is 461 g/mol. The Morgan fingerprint density at radius 3 is 2.21 bits per heavy atom. The predicted molar refractivity (Wildman–Crippen MR) is 127 cm³/mol. The third-order valence-corrected chi connectivity index (χ3v) is 5.04. The lowest BCUT2D eigenvalue weighted by Gasteiger charge is -2.19. The maximum atomic E-state index is 12.8. The number of benzene rings is 3. The quantitative estimate of drug-likeness (QED) is 0.429. The largest absolute Gasteiger partial charge is 0.494 e. The van der Waals surface area contributed by atoms with Crippen LogP contribution < -0.4 is 25.0 Å². The molecule has 0 unspecified atom stereocenters. The summed E-state index contributed by atoms with van der Waals surface area (Å²) in [6.45, 7) is -0.201. The standard InChI is InChI=1S/C24H19N3O5S/c1-31-20-13-15(25-24(33)26-21(28)14-32-16-7-3-2-4-8-16)11-12-19(20)27-22(29)17-9-5-6-10-18(17)23(27)30/h2-13H,14H2,1H3,(H2,25,26,28,33). The Balaban J connectivity index is 1.42. The Labute approximate surface area is 195 Å². The van der Waals surface area contributed by atoms with Crippen LogP contribution in [0.15, 0.2) is 72.8 Å². The Bertz CT molecular complexity index is 1210. The number of para-hydroxylation sites is 1. The Kier molecular flexibility index (Phi) is 6.32. The lowest BCUT2D eigenvalue weighted by Crippen LogP contribution is -2.37. The summed E-state index contributed by atoms with van der Waals surface area (Å²) in [4.78, 5) is 38.7. The smallest absolute Gasteiger partial charge is 0.266 e. The highest BCUT2D eigenvalue weighted by Crippen LogP contribution is 2.36. The van der Waals surface area contributed by atoms with E-state index in [0.717, 1.165) is 4.90 Å². The highest BCUT2D eigenvalue weighted by Gasteiger charge is 2.37. The number of methoxy groups -OCH3 is 1. The third kappa shape index (κ3) is 4.68. The lowest BCUT2D eigenvalue weighted by molar-refractivity contribution is -0.121. The molecule has 0 saturated heterocycles. The van der Waals surface area contributed by atoms with Gasteiger partial charge in [-0.25, -0.2) is 4.90 Å². The van der Waals surface area contributed by atoms with E-state index in [1.54, 1.807) is 66.7 Å². The van der Waals surface area contributed by atoms with Gasteiger partial charge in [0.1, 0.15) is 11.5 Å². The number of nitrogens with one attached hydrogen (secondary N) is 2. The molecule has 0 aromatic heterocycles. The van der Waals surface area contributed by atoms with Crippen molar-refractivity contribution in [3.8, 4) is 11.5 Å². The second-order valence-electron chi connectivity index (χ2n) is 6.98. The van der Waals surface area contributed by atoms with Gasteiger partial charge in [-0.05, 0) is 48.6 Å². The number of rotatable bonds is 6. The van der Waals surface area contributed by atoms with Gasteiger partial charge in [0.15, 0.2) is 11.7 Å². The van der Waals surface area contributed by atoms with E-state index in [0.29, 0.717) is 28.3 Å². The molecular weight excluding hydrogens is 442 g/mol. The molecular formula is C24H19N3O5S. The van der Waals surface area contributed by atoms with Gasteiger partial charge in [-0.3, -0.25) is 19.7 Å². The van der Waals surface area contributed by atoms with Crippen LogP contribution in [-0.4, -0.2) is 36.6 Å². The van der Waals surface area contributed by atoms with Gasteiger partial charge in [0, 0.05) is 11.8 Å². The first kappa shape index (κ1) is 22.0. The molecule has 1 heterocycles. The molecule has 3 aromatic rings. The fourth-order valence-corrected chi connectivity index (χ4v) is 3.57. The van der Waals surface area contributed by atoms with Crippen molar-refractivity contribution in [3.05, 3.63) is 83.9 Å². The van der Waals surface area contributed by atoms with Crippen molar-refractivity contribution < 1.29 is 23.9 Å². The van der Waals surface area contributed by atoms with Gasteiger partial charge in [0.2, 0.25) is 0 Å². The summed E-state index contributed by atoms with van der Waals surface area (Å²) in [7, 11) is 1.43. The Morgan fingerprint density at radius 2 is 1.58 bits per heavy atom. The minimum Gasteiger partial charge on any atom is -0.494 e. The van der Waals surface area contributed by atoms with Crippen LogP contribution in [0, 0.1) is 0 Å². The van der Waals surface area contributed by atoms with E-state index in [4.69, 9.17) is 21.7 Å². The topological polar surface area (TPSA) is 97.0 Å². The van der Waals surface area contributed by atoms with Crippen molar-refractivity contribution >= 4 is 46.4 Å². The predicted octanol–water partition coefficient (Wildman–Crippen LogP) is 3.39. The number of carbonyl (C=O) groups excluding carboxylic acids is 3. The number of anilines is 2. The zero-order chi connectivity index (χ0) is 23.4. The van der Waals surface area contributed by atoms with Crippen LogP contribution in [0.2, 0.25) is 0 Å². The molecule has 0 spiro atoms. The molecule has 1 aliphatic rings. The van der Waals surface area contributed by atoms with E-state index in [1.807, 2.05) is 6.07 Å². The normalized spacial score (nSPS) is 12.2. The van der Waals surface area contributed by atoms with Gasteiger partial charge in [-0.2, -0.15) is 0 Å². The Hall–Kier alpha value is -4.24. The summed E-state index contributed by atoms with van der Waals surface area (Å²) in [5.74, 6) is -0.409. The molecule has 33 heavy (non-hydrogen) atoms. The third-order valence-electron chi connectivity index (χ3n) is 4.84. The number of carbonyl (C=O) groups is 3. The lowest BCUT2D eigenvalue weighted by atomic mass is 10.1. The van der Waals surface area contributed by atoms with Crippen LogP contribution in [0.3, 0.4) is 0 Å². The van der Waals surface area contributed by atoms with Crippen molar-refractivity contribution in [1.82, 2.24) is 5.32 Å². The van der Waals surface area contributed by atoms with Crippen molar-refractivity contribution in [2.45, 2.75) is 0 Å². The molecule has 2 N–H and O–H groups in total. The SMILES string of the molecule is COc1cc(NC(=S)NC(=O)COc2ccccc2)ccc1N1C(=O)c2ccccc2C1=O. The van der Waals surface area contributed by atoms with Crippen LogP contribution in [0.5, 0.6) is 11.5 Å². The molecule has 166 valence electrons. The van der Waals surface area contributed by atoms with E-state index >= 15 is 0 Å². The first-order chi connectivity index (χ1) is 16.0. The van der Waals surface area contributed by atoms with E-state index in [2.05, 4.69) is 10.6 Å². The van der Waals surface area contributed by atoms with Crippen LogP contribution >= 0.6 is 12.2 Å². The highest BCUT2D eigenvalue weighted by molar-refractivity contribution is 7.80. The summed E-state index contributed by atoms with van der Waals surface area (Å²) in [5.41, 5.74) is 1.49. The van der Waals surface area contributed by atoms with Crippen LogP contribution in [0.1, 0.15) is 20.7 Å². The molecule has 3 aromatic carbocycles. The van der Waals surface area contributed by atoms with E-state index in [9.17, 15) is 14.4 Å². The van der Waals surface area contributed by atoms with Gasteiger partial charge in [-0.1, -0.05) is 30.3 Å². The molecule has 3 amide bonds. The van der Waals surface area contributed by atoms with Crippen molar-refractivity contribution in [1.29, 1.82) is 0 Å². The van der Waals surface area contributed by atoms with E-state index in [-0.39, 0.29) is 17.5 Å². The number of amides is 3. The summed E-state index contributed by atoms with van der Waals surface area (Å²) < 4.78 is 10.8. The fourth-order valence-electron chi connectivity index (χ4n) is 3.34. The minimum absolute atomic E-state index is 0.0622. The highest BCUT2D eigenvalue weighted by atomic mass is 32.1. The van der Waals surface area contributed by atoms with E-state index in [1.165, 1.54) is 7.11 Å². The first-order valence-electron chi connectivity index (χ1n) is 9.92. The molecule has 0 saturated carbocycles. The van der Waals surface area contributed by atoms with Crippen LogP contribution in [0.4, 0.5) is 11.4 Å². The number of hydrogen-bond donors (Lipinski definition) is 2. The molecule has 0 fully saturated rings. The summed E-state index contributed by atoms with van der Waals surface area (Å²) >= 11 is 5.19. The van der Waals surface area contributed by atoms with Gasteiger partial charge in [0.05, 0.1) is 23.9 Å². The summed E-state index contributed by atoms with van der Waals surface area (Å²) in [5, 5.41) is 5.47. The molecule has 0 aliphatic carbocycles. The first-order valence-corrected chi connectivity index (χ1v) is 10.3. The number of hydrogen-bond acceptors (Lipinski definition) is 6. The van der Waals surface area contributed by atoms with Crippen molar-refractivity contribution in [2.24, 2.45) is 0 Å². The average Bonchev–Trinajstić information content (AvgIpc) is 3.08. The van der Waals surface area contributed by atoms with Gasteiger partial charge in [-0.15, -0.1) is 0 Å². The van der Waals surface area contributed by atoms with Crippen LogP contribution in [-0.2, 0) is 4.79 Å². The minimum atomic E-state index is -0.425. The fraction of sp³-hybridized carbons (Fsp3) is 0.0833. The number of nitrogens with zero attached hydrogens (tertiary/aromatic N) is 1. The monoisotopic (exact) mass is 461 g/mol. The molecule has 1 aliphatic heterocycles. The molecule has 0 bridgehead atoms. The maximum absolute atomic E-state index is 12.8. The number of thiocarbonyl (C=S) groups is 1. The molecule has 0 atom stereocenters. The second kappa shape index (κ2) is 9.49.